The van der Waals surface area contributed by atoms with E-state index in [1.165, 1.54) is 21.9 Å². The third-order valence-corrected chi connectivity index (χ3v) is 3.24. The van der Waals surface area contributed by atoms with Crippen LogP contribution in [0, 0.1) is 0 Å². The second-order valence-corrected chi connectivity index (χ2v) is 4.39. The van der Waals surface area contributed by atoms with Crippen LogP contribution in [0.2, 0.25) is 0 Å². The lowest BCUT2D eigenvalue weighted by molar-refractivity contribution is 1.53. The van der Waals surface area contributed by atoms with E-state index >= 15 is 0 Å². The molecule has 0 fully saturated rings. The summed E-state index contributed by atoms with van der Waals surface area (Å²) in [6, 6.07) is 23.5. The van der Waals surface area contributed by atoms with E-state index < -0.39 is 0 Å². The molecule has 1 nitrogen and oxygen atoms in total. The second kappa shape index (κ2) is 4.53. The minimum absolute atomic E-state index is 1.15. The van der Waals surface area contributed by atoms with E-state index in [2.05, 4.69) is 66.0 Å². The van der Waals surface area contributed by atoms with Crippen molar-refractivity contribution in [2.75, 3.05) is 12.4 Å². The Labute approximate surface area is 107 Å². The maximum absolute atomic E-state index is 3.18. The van der Waals surface area contributed by atoms with Gasteiger partial charge in [-0.05, 0) is 40.1 Å². The van der Waals surface area contributed by atoms with Gasteiger partial charge in [0.25, 0.3) is 0 Å². The molecule has 0 aliphatic carbocycles. The lowest BCUT2D eigenvalue weighted by Gasteiger charge is -2.06. The van der Waals surface area contributed by atoms with Crippen LogP contribution in [-0.2, 0) is 0 Å². The van der Waals surface area contributed by atoms with E-state index in [0.29, 0.717) is 0 Å². The van der Waals surface area contributed by atoms with Crippen molar-refractivity contribution >= 4 is 16.5 Å². The van der Waals surface area contributed by atoms with Crippen LogP contribution in [0.15, 0.2) is 66.7 Å². The molecule has 3 aromatic rings. The van der Waals surface area contributed by atoms with E-state index in [-0.39, 0.29) is 0 Å². The molecule has 0 heterocycles. The fourth-order valence-electron chi connectivity index (χ4n) is 2.21. The summed E-state index contributed by atoms with van der Waals surface area (Å²) >= 11 is 0. The van der Waals surface area contributed by atoms with Gasteiger partial charge in [0.15, 0.2) is 0 Å². The average molecular weight is 233 g/mol. The smallest absolute Gasteiger partial charge is 0.0343 e. The molecule has 18 heavy (non-hydrogen) atoms. The van der Waals surface area contributed by atoms with Crippen molar-refractivity contribution in [1.82, 2.24) is 0 Å². The highest BCUT2D eigenvalue weighted by atomic mass is 14.8. The Kier molecular flexibility index (Phi) is 2.73. The maximum Gasteiger partial charge on any atom is 0.0343 e. The molecular weight excluding hydrogens is 218 g/mol. The minimum atomic E-state index is 1.15. The van der Waals surface area contributed by atoms with Crippen LogP contribution >= 0.6 is 0 Å². The van der Waals surface area contributed by atoms with Gasteiger partial charge in [-0.1, -0.05) is 48.5 Å². The predicted octanol–water partition coefficient (Wildman–Crippen LogP) is 4.55. The Morgan fingerprint density at radius 2 is 1.44 bits per heavy atom. The van der Waals surface area contributed by atoms with Crippen LogP contribution in [0.5, 0.6) is 0 Å². The third-order valence-electron chi connectivity index (χ3n) is 3.24. The Morgan fingerprint density at radius 1 is 0.667 bits per heavy atom. The van der Waals surface area contributed by atoms with Crippen molar-refractivity contribution in [3.63, 3.8) is 0 Å². The van der Waals surface area contributed by atoms with Gasteiger partial charge in [-0.2, -0.15) is 0 Å². The van der Waals surface area contributed by atoms with Gasteiger partial charge in [-0.3, -0.25) is 0 Å². The minimum Gasteiger partial charge on any atom is -0.388 e. The SMILES string of the molecule is CNc1ccc2ccc(-c3ccccc3)cc2c1. The molecule has 0 saturated carbocycles. The molecule has 0 aliphatic heterocycles. The molecular formula is C17H15N. The lowest BCUT2D eigenvalue weighted by atomic mass is 10.0. The fraction of sp³-hybridized carbons (Fsp3) is 0.0588. The fourth-order valence-corrected chi connectivity index (χ4v) is 2.21. The highest BCUT2D eigenvalue weighted by molar-refractivity contribution is 5.89. The summed E-state index contributed by atoms with van der Waals surface area (Å²) in [5.41, 5.74) is 3.67. The third kappa shape index (κ3) is 1.95. The standard InChI is InChI=1S/C17H15N/c1-18-17-10-9-14-7-8-15(11-16(14)12-17)13-5-3-2-4-6-13/h2-12,18H,1H3. The van der Waals surface area contributed by atoms with E-state index in [1.807, 2.05) is 13.1 Å². The van der Waals surface area contributed by atoms with Crippen molar-refractivity contribution < 1.29 is 0 Å². The lowest BCUT2D eigenvalue weighted by Crippen LogP contribution is -1.87. The summed E-state index contributed by atoms with van der Waals surface area (Å²) in [5, 5.41) is 5.72. The summed E-state index contributed by atoms with van der Waals surface area (Å²) in [6.45, 7) is 0. The van der Waals surface area contributed by atoms with E-state index in [9.17, 15) is 0 Å². The summed E-state index contributed by atoms with van der Waals surface area (Å²) in [5.74, 6) is 0. The molecule has 0 bridgehead atoms. The molecule has 3 rings (SSSR count). The van der Waals surface area contributed by atoms with Gasteiger partial charge in [-0.25, -0.2) is 0 Å². The van der Waals surface area contributed by atoms with Crippen LogP contribution in [0.4, 0.5) is 5.69 Å². The zero-order valence-electron chi connectivity index (χ0n) is 10.4. The van der Waals surface area contributed by atoms with Crippen LogP contribution in [0.3, 0.4) is 0 Å². The van der Waals surface area contributed by atoms with Crippen molar-refractivity contribution in [3.05, 3.63) is 66.7 Å². The first kappa shape index (κ1) is 10.8. The van der Waals surface area contributed by atoms with E-state index in [0.717, 1.165) is 5.69 Å². The van der Waals surface area contributed by atoms with Crippen LogP contribution in [-0.4, -0.2) is 7.05 Å². The molecule has 0 unspecified atom stereocenters. The Balaban J connectivity index is 2.15. The van der Waals surface area contributed by atoms with E-state index in [4.69, 9.17) is 0 Å². The molecule has 88 valence electrons. The number of hydrogen-bond donors (Lipinski definition) is 1. The summed E-state index contributed by atoms with van der Waals surface area (Å²) < 4.78 is 0. The van der Waals surface area contributed by atoms with Crippen molar-refractivity contribution in [2.24, 2.45) is 0 Å². The summed E-state index contributed by atoms with van der Waals surface area (Å²) in [7, 11) is 1.95. The Morgan fingerprint density at radius 3 is 2.22 bits per heavy atom. The molecule has 0 radical (unpaired) electrons. The van der Waals surface area contributed by atoms with Crippen molar-refractivity contribution in [3.8, 4) is 11.1 Å². The van der Waals surface area contributed by atoms with Crippen LogP contribution in [0.1, 0.15) is 0 Å². The normalized spacial score (nSPS) is 10.5. The number of fused-ring (bicyclic) bond motifs is 1. The highest BCUT2D eigenvalue weighted by Gasteiger charge is 2.00. The Bertz CT molecular complexity index is 672. The molecule has 0 atom stereocenters. The van der Waals surface area contributed by atoms with Gasteiger partial charge in [0.2, 0.25) is 0 Å². The first-order valence-corrected chi connectivity index (χ1v) is 6.14. The molecule has 0 amide bonds. The molecule has 0 spiro atoms. The number of hydrogen-bond acceptors (Lipinski definition) is 1. The number of rotatable bonds is 2. The van der Waals surface area contributed by atoms with Gasteiger partial charge < -0.3 is 5.32 Å². The van der Waals surface area contributed by atoms with Gasteiger partial charge in [0, 0.05) is 12.7 Å². The van der Waals surface area contributed by atoms with Gasteiger partial charge in [0.1, 0.15) is 0 Å². The van der Waals surface area contributed by atoms with Gasteiger partial charge in [-0.15, -0.1) is 0 Å². The van der Waals surface area contributed by atoms with Gasteiger partial charge in [0.05, 0.1) is 0 Å². The largest absolute Gasteiger partial charge is 0.388 e. The van der Waals surface area contributed by atoms with Crippen LogP contribution < -0.4 is 5.32 Å². The Hall–Kier alpha value is -2.28. The van der Waals surface area contributed by atoms with Crippen molar-refractivity contribution in [2.45, 2.75) is 0 Å². The topological polar surface area (TPSA) is 12.0 Å². The van der Waals surface area contributed by atoms with Crippen molar-refractivity contribution in [1.29, 1.82) is 0 Å². The zero-order valence-corrected chi connectivity index (χ0v) is 10.4. The molecule has 1 N–H and O–H groups in total. The maximum atomic E-state index is 3.18. The summed E-state index contributed by atoms with van der Waals surface area (Å²) in [6.07, 6.45) is 0. The first-order valence-electron chi connectivity index (χ1n) is 6.14. The first-order chi connectivity index (χ1) is 8.86. The monoisotopic (exact) mass is 233 g/mol. The molecule has 1 heteroatoms. The molecule has 0 aromatic heterocycles. The number of anilines is 1. The van der Waals surface area contributed by atoms with Gasteiger partial charge >= 0.3 is 0 Å². The number of benzene rings is 3. The molecule has 0 saturated heterocycles. The second-order valence-electron chi connectivity index (χ2n) is 4.39. The predicted molar refractivity (Wildman–Crippen MR) is 78.9 cm³/mol. The van der Waals surface area contributed by atoms with E-state index in [1.54, 1.807) is 0 Å². The average Bonchev–Trinajstić information content (AvgIpc) is 2.47. The highest BCUT2D eigenvalue weighted by Crippen LogP contribution is 2.26. The molecule has 0 aliphatic rings. The zero-order chi connectivity index (χ0) is 12.4. The number of nitrogens with one attached hydrogen (secondary N) is 1. The van der Waals surface area contributed by atoms with Crippen LogP contribution in [0.25, 0.3) is 21.9 Å². The molecule has 3 aromatic carbocycles. The quantitative estimate of drug-likeness (QED) is 0.684. The summed E-state index contributed by atoms with van der Waals surface area (Å²) in [4.78, 5) is 0.